The topological polar surface area (TPSA) is 46.2 Å². The van der Waals surface area contributed by atoms with Crippen LogP contribution in [-0.4, -0.2) is 5.11 Å². The van der Waals surface area contributed by atoms with Crippen molar-refractivity contribution >= 4 is 0 Å². The number of benzene rings is 1. The zero-order chi connectivity index (χ0) is 6.69. The predicted octanol–water partition coefficient (Wildman–Crippen LogP) is 0.848. The maximum Gasteiger partial charge on any atom is 0.120 e. The van der Waals surface area contributed by atoms with Gasteiger partial charge in [-0.2, -0.15) is 0 Å². The second-order valence-corrected chi connectivity index (χ2v) is 1.83. The van der Waals surface area contributed by atoms with Crippen molar-refractivity contribution in [1.29, 1.82) is 0 Å². The Labute approximate surface area is 70.5 Å². The summed E-state index contributed by atoms with van der Waals surface area (Å²) >= 11 is 0. The molecule has 2 nitrogen and oxygen atoms in total. The van der Waals surface area contributed by atoms with Gasteiger partial charge in [-0.3, -0.25) is 0 Å². The van der Waals surface area contributed by atoms with Crippen LogP contribution in [0.2, 0.25) is 0 Å². The van der Waals surface area contributed by atoms with Crippen molar-refractivity contribution in [1.82, 2.24) is 0 Å². The summed E-state index contributed by atoms with van der Waals surface area (Å²) in [6.45, 7) is 0.396. The predicted molar refractivity (Wildman–Crippen MR) is 36.0 cm³/mol. The Morgan fingerprint density at radius 1 is 1.30 bits per heavy atom. The van der Waals surface area contributed by atoms with Gasteiger partial charge in [-0.25, -0.2) is 0 Å². The first-order valence-electron chi connectivity index (χ1n) is 2.81. The van der Waals surface area contributed by atoms with Crippen LogP contribution in [0.1, 0.15) is 5.56 Å². The first-order valence-corrected chi connectivity index (χ1v) is 2.81. The van der Waals surface area contributed by atoms with Crippen molar-refractivity contribution < 1.29 is 22.2 Å². The van der Waals surface area contributed by atoms with Gasteiger partial charge in [0.2, 0.25) is 0 Å². The zero-order valence-corrected chi connectivity index (χ0v) is 6.28. The van der Waals surface area contributed by atoms with Crippen molar-refractivity contribution in [3.8, 4) is 5.75 Å². The van der Waals surface area contributed by atoms with Gasteiger partial charge in [-0.1, -0.05) is 18.2 Å². The first-order chi connectivity index (χ1) is 4.34. The molecule has 3 N–H and O–H groups in total. The maximum absolute atomic E-state index is 9.03. The van der Waals surface area contributed by atoms with Gasteiger partial charge in [0.05, 0.1) is 0 Å². The molecule has 0 heterocycles. The molecule has 1 aromatic carbocycles. The summed E-state index contributed by atoms with van der Waals surface area (Å²) in [6, 6.07) is 7.05. The summed E-state index contributed by atoms with van der Waals surface area (Å²) in [7, 11) is 0. The van der Waals surface area contributed by atoms with E-state index in [0.717, 1.165) is 5.56 Å². The van der Waals surface area contributed by atoms with Crippen LogP contribution in [-0.2, 0) is 23.6 Å². The fourth-order valence-electron chi connectivity index (χ4n) is 0.683. The van der Waals surface area contributed by atoms with Gasteiger partial charge in [0.25, 0.3) is 0 Å². The van der Waals surface area contributed by atoms with E-state index in [0.29, 0.717) is 6.54 Å². The first kappa shape index (κ1) is 9.50. The zero-order valence-electron chi connectivity index (χ0n) is 5.34. The van der Waals surface area contributed by atoms with Crippen molar-refractivity contribution in [3.63, 3.8) is 0 Å². The molecule has 0 atom stereocenters. The van der Waals surface area contributed by atoms with Crippen LogP contribution < -0.4 is 5.73 Å². The number of rotatable bonds is 1. The fraction of sp³-hybridized carbons (Fsp3) is 0.143. The third kappa shape index (κ3) is 2.03. The molecule has 1 aromatic rings. The van der Waals surface area contributed by atoms with E-state index in [9.17, 15) is 0 Å². The molecule has 0 fully saturated rings. The van der Waals surface area contributed by atoms with Crippen molar-refractivity contribution in [2.24, 2.45) is 5.73 Å². The molecule has 10 heavy (non-hydrogen) atoms. The normalized spacial score (nSPS) is 8.50. The van der Waals surface area contributed by atoms with E-state index in [1.54, 1.807) is 18.2 Å². The smallest absolute Gasteiger partial charge is 0.120 e. The average Bonchev–Trinajstić information content (AvgIpc) is 1.89. The summed E-state index contributed by atoms with van der Waals surface area (Å²) in [5, 5.41) is 9.03. The van der Waals surface area contributed by atoms with Gasteiger partial charge in [-0.15, -0.1) is 0 Å². The number of phenolic OH excluding ortho intramolecular Hbond substituents is 1. The number of hydrogen-bond donors (Lipinski definition) is 2. The van der Waals surface area contributed by atoms with Gasteiger partial charge >= 0.3 is 0 Å². The minimum atomic E-state index is 0. The van der Waals surface area contributed by atoms with Crippen LogP contribution >= 0.6 is 0 Å². The molecule has 1 rings (SSSR count). The maximum atomic E-state index is 9.03. The van der Waals surface area contributed by atoms with Gasteiger partial charge in [0.1, 0.15) is 5.75 Å². The van der Waals surface area contributed by atoms with Crippen LogP contribution in [0.3, 0.4) is 0 Å². The van der Waals surface area contributed by atoms with E-state index in [4.69, 9.17) is 10.8 Å². The van der Waals surface area contributed by atoms with Gasteiger partial charge in [0, 0.05) is 29.2 Å². The van der Waals surface area contributed by atoms with E-state index >= 15 is 0 Å². The molecule has 3 heteroatoms. The Bertz CT molecular complexity index is 203. The Kier molecular flexibility index (Phi) is 4.12. The van der Waals surface area contributed by atoms with Gasteiger partial charge < -0.3 is 10.8 Å². The summed E-state index contributed by atoms with van der Waals surface area (Å²) in [5.41, 5.74) is 6.08. The quantitative estimate of drug-likeness (QED) is 0.639. The minimum absolute atomic E-state index is 0. The molecule has 1 radical (unpaired) electrons. The molecule has 0 amide bonds. The van der Waals surface area contributed by atoms with Crippen molar-refractivity contribution in [3.05, 3.63) is 29.8 Å². The second-order valence-electron chi connectivity index (χ2n) is 1.83. The van der Waals surface area contributed by atoms with Crippen molar-refractivity contribution in [2.45, 2.75) is 6.54 Å². The molecule has 0 aliphatic rings. The van der Waals surface area contributed by atoms with Crippen LogP contribution in [0.4, 0.5) is 0 Å². The van der Waals surface area contributed by atoms with E-state index < -0.39 is 0 Å². The van der Waals surface area contributed by atoms with Crippen LogP contribution in [0.25, 0.3) is 0 Å². The van der Waals surface area contributed by atoms with Crippen LogP contribution in [0, 0.1) is 0 Å². The third-order valence-corrected chi connectivity index (χ3v) is 1.21. The number of phenols is 1. The monoisotopic (exact) mass is 186 g/mol. The summed E-state index contributed by atoms with van der Waals surface area (Å²) in [5.74, 6) is 0.278. The largest absolute Gasteiger partial charge is 0.508 e. The minimum Gasteiger partial charge on any atom is -0.508 e. The molecular formula is C7H9CuNO. The molecule has 0 aliphatic carbocycles. The standard InChI is InChI=1S/C7H9NO.Cu/c8-5-6-3-1-2-4-7(6)9;/h1-4,9H,5,8H2;. The number of aromatic hydroxyl groups is 1. The number of para-hydroxylation sites is 1. The molecule has 59 valence electrons. The Morgan fingerprint density at radius 2 is 1.90 bits per heavy atom. The molecule has 0 saturated carbocycles. The summed E-state index contributed by atoms with van der Waals surface area (Å²) < 4.78 is 0. The molecule has 0 saturated heterocycles. The van der Waals surface area contributed by atoms with Gasteiger partial charge in [0.15, 0.2) is 0 Å². The van der Waals surface area contributed by atoms with E-state index in [1.807, 2.05) is 6.07 Å². The summed E-state index contributed by atoms with van der Waals surface area (Å²) in [4.78, 5) is 0. The molecule has 0 aliphatic heterocycles. The number of nitrogens with two attached hydrogens (primary N) is 1. The molecule has 0 bridgehead atoms. The average molecular weight is 187 g/mol. The summed E-state index contributed by atoms with van der Waals surface area (Å²) in [6.07, 6.45) is 0. The van der Waals surface area contributed by atoms with E-state index in [1.165, 1.54) is 0 Å². The van der Waals surface area contributed by atoms with E-state index in [2.05, 4.69) is 0 Å². The van der Waals surface area contributed by atoms with E-state index in [-0.39, 0.29) is 22.8 Å². The third-order valence-electron chi connectivity index (χ3n) is 1.21. The molecule has 0 aromatic heterocycles. The molecule has 0 spiro atoms. The van der Waals surface area contributed by atoms with Crippen molar-refractivity contribution in [2.75, 3.05) is 0 Å². The number of hydrogen-bond acceptors (Lipinski definition) is 2. The Hall–Kier alpha value is -0.501. The van der Waals surface area contributed by atoms with Crippen LogP contribution in [0.15, 0.2) is 24.3 Å². The van der Waals surface area contributed by atoms with Crippen LogP contribution in [0.5, 0.6) is 5.75 Å². The Balaban J connectivity index is 0.000000810. The second kappa shape index (κ2) is 4.34. The molecule has 0 unspecified atom stereocenters. The Morgan fingerprint density at radius 3 is 2.30 bits per heavy atom. The SMILES string of the molecule is NCc1ccccc1O.[Cu]. The van der Waals surface area contributed by atoms with Gasteiger partial charge in [-0.05, 0) is 6.07 Å². The fourth-order valence-corrected chi connectivity index (χ4v) is 0.683. The molecular weight excluding hydrogens is 178 g/mol.